The standard InChI is InChI=1S/C51H88O15/c1-3-5-7-9-11-13-15-17-19-21-23-25-27-29-31-33-42(53)61-36-39(64-43(54)34-32-30-28-26-24-22-20-18-16-14-12-10-8-6-4-2)37-62-50-49(60)47(58)45(56)41(66-50)38-63-51-48(59)46(57)44(55)40(35-52)65-51/h15-16,19-20,39-41,44-52,55-60H,3-14,21-38H2,1-2H3/t17?,18?,39-,40-,41-,44+,45+,46?,47?,48?,49?,50-,51-/m1/s1. The van der Waals surface area contributed by atoms with Crippen molar-refractivity contribution < 1.29 is 73.8 Å². The van der Waals surface area contributed by atoms with Crippen LogP contribution in [0.5, 0.6) is 0 Å². The van der Waals surface area contributed by atoms with Crippen molar-refractivity contribution in [2.45, 2.75) is 248 Å². The van der Waals surface area contributed by atoms with Crippen LogP contribution in [0.15, 0.2) is 35.8 Å². The van der Waals surface area contributed by atoms with E-state index >= 15 is 0 Å². The van der Waals surface area contributed by atoms with Gasteiger partial charge in [0, 0.05) is 12.8 Å². The molecule has 2 rings (SSSR count). The van der Waals surface area contributed by atoms with E-state index in [0.717, 1.165) is 77.0 Å². The fourth-order valence-electron chi connectivity index (χ4n) is 7.70. The summed E-state index contributed by atoms with van der Waals surface area (Å²) in [6.07, 6.45) is 17.6. The van der Waals surface area contributed by atoms with E-state index < -0.39 is 99.3 Å². The molecule has 0 aromatic carbocycles. The highest BCUT2D eigenvalue weighted by molar-refractivity contribution is 5.70. The molecule has 7 N–H and O–H groups in total. The van der Waals surface area contributed by atoms with E-state index in [1.807, 2.05) is 0 Å². The topological polar surface area (TPSA) is 231 Å². The molecule has 382 valence electrons. The summed E-state index contributed by atoms with van der Waals surface area (Å²) in [7, 11) is 0. The van der Waals surface area contributed by atoms with Gasteiger partial charge in [0.25, 0.3) is 0 Å². The van der Waals surface area contributed by atoms with Gasteiger partial charge in [-0.3, -0.25) is 9.59 Å². The number of aliphatic hydroxyl groups is 7. The van der Waals surface area contributed by atoms with Gasteiger partial charge in [-0.05, 0) is 88.5 Å². The van der Waals surface area contributed by atoms with Crippen LogP contribution in [0, 0.1) is 0 Å². The zero-order chi connectivity index (χ0) is 48.2. The molecule has 2 saturated heterocycles. The van der Waals surface area contributed by atoms with Crippen molar-refractivity contribution in [3.8, 4) is 0 Å². The Morgan fingerprint density at radius 2 is 0.909 bits per heavy atom. The molecule has 66 heavy (non-hydrogen) atoms. The molecule has 2 fully saturated rings. The zero-order valence-corrected chi connectivity index (χ0v) is 40.3. The monoisotopic (exact) mass is 941 g/mol. The predicted molar refractivity (Wildman–Crippen MR) is 250 cm³/mol. The van der Waals surface area contributed by atoms with Crippen LogP contribution >= 0.6 is 0 Å². The number of carbonyl (C=O) groups excluding carboxylic acids is 2. The minimum atomic E-state index is -1.77. The fraction of sp³-hybridized carbons (Fsp3) is 0.843. The Balaban J connectivity index is 1.84. The Morgan fingerprint density at radius 1 is 0.500 bits per heavy atom. The highest BCUT2D eigenvalue weighted by Gasteiger charge is 2.47. The molecule has 11 atom stereocenters. The van der Waals surface area contributed by atoms with Gasteiger partial charge in [-0.25, -0.2) is 0 Å². The van der Waals surface area contributed by atoms with Gasteiger partial charge in [0.15, 0.2) is 18.7 Å². The summed E-state index contributed by atoms with van der Waals surface area (Å²) < 4.78 is 33.5. The third kappa shape index (κ3) is 26.3. The van der Waals surface area contributed by atoms with Gasteiger partial charge in [0.1, 0.15) is 55.4 Å². The van der Waals surface area contributed by atoms with Crippen LogP contribution in [-0.4, -0.2) is 142 Å². The van der Waals surface area contributed by atoms with E-state index in [4.69, 9.17) is 28.4 Å². The molecular formula is C51H88O15. The summed E-state index contributed by atoms with van der Waals surface area (Å²) in [6, 6.07) is 0. The minimum Gasteiger partial charge on any atom is -0.462 e. The van der Waals surface area contributed by atoms with E-state index in [9.17, 15) is 45.3 Å². The van der Waals surface area contributed by atoms with Gasteiger partial charge in [-0.15, -0.1) is 11.5 Å². The molecular weight excluding hydrogens is 853 g/mol. The van der Waals surface area contributed by atoms with Crippen molar-refractivity contribution in [3.05, 3.63) is 35.8 Å². The predicted octanol–water partition coefficient (Wildman–Crippen LogP) is 6.69. The van der Waals surface area contributed by atoms with Crippen molar-refractivity contribution >= 4 is 11.9 Å². The molecule has 15 heteroatoms. The average molecular weight is 941 g/mol. The molecule has 2 aliphatic rings. The van der Waals surface area contributed by atoms with Crippen molar-refractivity contribution in [3.63, 3.8) is 0 Å². The van der Waals surface area contributed by atoms with Gasteiger partial charge >= 0.3 is 11.9 Å². The van der Waals surface area contributed by atoms with Crippen LogP contribution < -0.4 is 0 Å². The van der Waals surface area contributed by atoms with Crippen LogP contribution in [0.4, 0.5) is 0 Å². The number of rotatable bonds is 38. The van der Waals surface area contributed by atoms with Gasteiger partial charge in [0.05, 0.1) is 19.8 Å². The molecule has 0 saturated carbocycles. The van der Waals surface area contributed by atoms with Crippen molar-refractivity contribution in [1.29, 1.82) is 0 Å². The third-order valence-corrected chi connectivity index (χ3v) is 12.0. The molecule has 4 unspecified atom stereocenters. The average Bonchev–Trinajstić information content (AvgIpc) is 3.31. The SMILES string of the molecule is CCCCCCCC=C=CCCCCCCCC(=O)OC[C@H](CO[C@@H]1O[C@H](CO[C@@H]2O[C@H](CO)[C@H](O)C(O)C2O)[C@H](O)C(O)C1O)OC(=O)CCCCCCCC=C=CCCCCCCC. The summed E-state index contributed by atoms with van der Waals surface area (Å²) in [5.74, 6) is -0.967. The molecule has 0 radical (unpaired) electrons. The van der Waals surface area contributed by atoms with Crippen molar-refractivity contribution in [1.82, 2.24) is 0 Å². The number of allylic oxidation sites excluding steroid dienone is 2. The smallest absolute Gasteiger partial charge is 0.306 e. The first-order valence-electron chi connectivity index (χ1n) is 25.4. The number of hydrogen-bond donors (Lipinski definition) is 7. The molecule has 15 nitrogen and oxygen atoms in total. The van der Waals surface area contributed by atoms with E-state index in [0.29, 0.717) is 12.8 Å². The Labute approximate surface area is 395 Å². The lowest BCUT2D eigenvalue weighted by atomic mass is 9.98. The fourth-order valence-corrected chi connectivity index (χ4v) is 7.70. The maximum atomic E-state index is 13.0. The summed E-state index contributed by atoms with van der Waals surface area (Å²) in [6.45, 7) is 2.51. The number of aliphatic hydroxyl groups excluding tert-OH is 7. The molecule has 0 aromatic rings. The lowest BCUT2D eigenvalue weighted by Gasteiger charge is -2.42. The van der Waals surface area contributed by atoms with Crippen molar-refractivity contribution in [2.24, 2.45) is 0 Å². The first-order valence-corrected chi connectivity index (χ1v) is 25.4. The Morgan fingerprint density at radius 3 is 1.39 bits per heavy atom. The van der Waals surface area contributed by atoms with Crippen LogP contribution in [0.1, 0.15) is 181 Å². The first-order chi connectivity index (χ1) is 32.0. The quantitative estimate of drug-likeness (QED) is 0.0194. The molecule has 0 aromatic heterocycles. The normalized spacial score (nSPS) is 25.6. The van der Waals surface area contributed by atoms with E-state index in [2.05, 4.69) is 49.6 Å². The summed E-state index contributed by atoms with van der Waals surface area (Å²) >= 11 is 0. The minimum absolute atomic E-state index is 0.140. The maximum absolute atomic E-state index is 13.0. The van der Waals surface area contributed by atoms with Crippen LogP contribution in [0.25, 0.3) is 0 Å². The number of hydrogen-bond acceptors (Lipinski definition) is 15. The van der Waals surface area contributed by atoms with Crippen LogP contribution in [0.3, 0.4) is 0 Å². The third-order valence-electron chi connectivity index (χ3n) is 12.0. The molecule has 2 aliphatic heterocycles. The van der Waals surface area contributed by atoms with Gasteiger partial charge in [0.2, 0.25) is 0 Å². The van der Waals surface area contributed by atoms with Crippen LogP contribution in [-0.2, 0) is 38.0 Å². The Hall–Kier alpha value is -2.46. The summed E-state index contributed by atoms with van der Waals surface area (Å²) in [5.41, 5.74) is 6.57. The van der Waals surface area contributed by atoms with Gasteiger partial charge in [-0.1, -0.05) is 104 Å². The number of unbranched alkanes of at least 4 members (excludes halogenated alkanes) is 20. The summed E-state index contributed by atoms with van der Waals surface area (Å²) in [5, 5.41) is 72.0. The molecule has 0 spiro atoms. The highest BCUT2D eigenvalue weighted by atomic mass is 16.7. The van der Waals surface area contributed by atoms with Crippen LogP contribution in [0.2, 0.25) is 0 Å². The second-order valence-corrected chi connectivity index (χ2v) is 17.8. The second kappa shape index (κ2) is 38.4. The maximum Gasteiger partial charge on any atom is 0.306 e. The van der Waals surface area contributed by atoms with Crippen molar-refractivity contribution in [2.75, 3.05) is 26.4 Å². The molecule has 2 heterocycles. The van der Waals surface area contributed by atoms with Gasteiger partial charge < -0.3 is 64.2 Å². The second-order valence-electron chi connectivity index (χ2n) is 17.8. The number of esters is 2. The molecule has 0 bridgehead atoms. The highest BCUT2D eigenvalue weighted by Crippen LogP contribution is 2.26. The van der Waals surface area contributed by atoms with E-state index in [1.165, 1.54) is 64.2 Å². The Bertz CT molecular complexity index is 1360. The lowest BCUT2D eigenvalue weighted by molar-refractivity contribution is -0.332. The van der Waals surface area contributed by atoms with Gasteiger partial charge in [-0.2, -0.15) is 0 Å². The largest absolute Gasteiger partial charge is 0.462 e. The molecule has 0 amide bonds. The zero-order valence-electron chi connectivity index (χ0n) is 40.3. The first kappa shape index (κ1) is 59.7. The number of ether oxygens (including phenoxy) is 6. The Kier molecular flexibility index (Phi) is 34.7. The lowest BCUT2D eigenvalue weighted by Crippen LogP contribution is -2.61. The number of carbonyl (C=O) groups is 2. The summed E-state index contributed by atoms with van der Waals surface area (Å²) in [4.78, 5) is 25.7. The molecule has 0 aliphatic carbocycles. The van der Waals surface area contributed by atoms with E-state index in [-0.39, 0.29) is 19.4 Å². The van der Waals surface area contributed by atoms with E-state index in [1.54, 1.807) is 0 Å².